The third-order valence-electron chi connectivity index (χ3n) is 5.54. The van der Waals surface area contributed by atoms with Crippen LogP contribution in [0.5, 0.6) is 0 Å². The summed E-state index contributed by atoms with van der Waals surface area (Å²) >= 11 is 0. The zero-order valence-corrected chi connectivity index (χ0v) is 18.2. The molecule has 0 unspecified atom stereocenters. The number of hydrogen-bond donors (Lipinski definition) is 0. The van der Waals surface area contributed by atoms with Crippen molar-refractivity contribution in [2.45, 2.75) is 12.8 Å². The monoisotopic (exact) mass is 439 g/mol. The van der Waals surface area contributed by atoms with Crippen LogP contribution in [0.1, 0.15) is 12.8 Å². The van der Waals surface area contributed by atoms with E-state index in [1.54, 1.807) is 0 Å². The Morgan fingerprint density at radius 1 is 0.593 bits per heavy atom. The van der Waals surface area contributed by atoms with Crippen molar-refractivity contribution in [3.8, 4) is 0 Å². The molecule has 3 heteroatoms. The van der Waals surface area contributed by atoms with Gasteiger partial charge in [0, 0.05) is 6.54 Å². The van der Waals surface area contributed by atoms with E-state index in [9.17, 15) is 0 Å². The fourth-order valence-electron chi connectivity index (χ4n) is 4.18. The van der Waals surface area contributed by atoms with Gasteiger partial charge in [-0.05, 0) is 62.3 Å². The van der Waals surface area contributed by atoms with Gasteiger partial charge in [0.15, 0.2) is 0 Å². The van der Waals surface area contributed by atoms with Gasteiger partial charge >= 0.3 is 0 Å². The molecule has 1 fully saturated rings. The van der Waals surface area contributed by atoms with Gasteiger partial charge in [-0.15, -0.1) is 0 Å². The van der Waals surface area contributed by atoms with E-state index in [-0.39, 0.29) is 17.0 Å². The van der Waals surface area contributed by atoms with Crippen molar-refractivity contribution >= 4 is 23.2 Å². The second-order valence-corrected chi connectivity index (χ2v) is 10.7. The van der Waals surface area contributed by atoms with E-state index >= 15 is 0 Å². The van der Waals surface area contributed by atoms with Crippen LogP contribution in [0, 0.1) is 0 Å². The molecule has 1 nitrogen and oxygen atoms in total. The summed E-state index contributed by atoms with van der Waals surface area (Å²) in [5, 5.41) is 4.49. The van der Waals surface area contributed by atoms with Crippen molar-refractivity contribution in [1.82, 2.24) is 4.90 Å². The molecule has 1 heterocycles. The summed E-state index contributed by atoms with van der Waals surface area (Å²) in [5.74, 6) is 0. The number of rotatable bonds is 6. The average Bonchev–Trinajstić information content (AvgIpc) is 3.25. The lowest BCUT2D eigenvalue weighted by Crippen LogP contribution is -3.00. The minimum atomic E-state index is -1.65. The van der Waals surface area contributed by atoms with Crippen LogP contribution in [0.15, 0.2) is 91.0 Å². The fourth-order valence-corrected chi connectivity index (χ4v) is 8.47. The first-order valence-corrected chi connectivity index (χ1v) is 11.6. The molecule has 0 aliphatic carbocycles. The highest BCUT2D eigenvalue weighted by Gasteiger charge is 2.45. The highest BCUT2D eigenvalue weighted by Crippen LogP contribution is 2.55. The van der Waals surface area contributed by atoms with Crippen LogP contribution in [0.25, 0.3) is 0 Å². The molecule has 4 rings (SSSR count). The molecule has 1 aliphatic heterocycles. The third kappa shape index (κ3) is 4.35. The molecule has 1 aliphatic rings. The van der Waals surface area contributed by atoms with Crippen molar-refractivity contribution in [3.63, 3.8) is 0 Å². The maximum absolute atomic E-state index is 2.66. The van der Waals surface area contributed by atoms with Crippen LogP contribution in [-0.4, -0.2) is 30.7 Å². The third-order valence-corrected chi connectivity index (χ3v) is 9.95. The summed E-state index contributed by atoms with van der Waals surface area (Å²) in [7, 11) is -1.65. The predicted molar refractivity (Wildman–Crippen MR) is 116 cm³/mol. The largest absolute Gasteiger partial charge is 1.00 e. The maximum Gasteiger partial charge on any atom is 0.113 e. The first kappa shape index (κ1) is 20.3. The molecule has 0 aromatic heterocycles. The summed E-state index contributed by atoms with van der Waals surface area (Å²) < 4.78 is 0. The van der Waals surface area contributed by atoms with Gasteiger partial charge in [0.2, 0.25) is 0 Å². The van der Waals surface area contributed by atoms with Gasteiger partial charge in [0.25, 0.3) is 0 Å². The normalized spacial score (nSPS) is 14.7. The molecular formula is C24H27BrNP. The van der Waals surface area contributed by atoms with Crippen molar-refractivity contribution in [2.24, 2.45) is 0 Å². The van der Waals surface area contributed by atoms with E-state index in [1.165, 1.54) is 54.6 Å². The van der Waals surface area contributed by atoms with Crippen LogP contribution >= 0.6 is 7.26 Å². The van der Waals surface area contributed by atoms with Crippen molar-refractivity contribution in [1.29, 1.82) is 0 Å². The van der Waals surface area contributed by atoms with Gasteiger partial charge in [0.1, 0.15) is 23.2 Å². The molecule has 3 aromatic rings. The topological polar surface area (TPSA) is 3.24 Å². The van der Waals surface area contributed by atoms with E-state index in [0.29, 0.717) is 0 Å². The summed E-state index contributed by atoms with van der Waals surface area (Å²) in [6, 6.07) is 33.7. The van der Waals surface area contributed by atoms with Crippen LogP contribution in [0.2, 0.25) is 0 Å². The minimum Gasteiger partial charge on any atom is -1.00 e. The average molecular weight is 440 g/mol. The molecular weight excluding hydrogens is 413 g/mol. The molecule has 0 atom stereocenters. The SMILES string of the molecule is [Br-].c1ccc([P+](CCN2CCCC2)(c2ccccc2)c2ccccc2)cc1. The molecule has 0 spiro atoms. The van der Waals surface area contributed by atoms with E-state index in [0.717, 1.165) is 0 Å². The van der Waals surface area contributed by atoms with Gasteiger partial charge in [-0.25, -0.2) is 0 Å². The molecule has 0 N–H and O–H groups in total. The van der Waals surface area contributed by atoms with E-state index in [2.05, 4.69) is 95.9 Å². The smallest absolute Gasteiger partial charge is 0.113 e. The standard InChI is InChI=1S/C24H27NP.BrH/c1-4-12-22(13-5-1)26(23-14-6-2-7-15-23,24-16-8-3-9-17-24)21-20-25-18-10-11-19-25;/h1-9,12-17H,10-11,18-21H2;1H/q+1;/p-1. The van der Waals surface area contributed by atoms with Gasteiger partial charge in [-0.3, -0.25) is 4.90 Å². The number of benzene rings is 3. The molecule has 0 saturated carbocycles. The van der Waals surface area contributed by atoms with Gasteiger partial charge < -0.3 is 17.0 Å². The molecule has 1 saturated heterocycles. The Kier molecular flexibility index (Phi) is 7.24. The minimum absolute atomic E-state index is 0. The Labute approximate surface area is 174 Å². The molecule has 3 aromatic carbocycles. The second-order valence-electron chi connectivity index (χ2n) is 7.09. The lowest BCUT2D eigenvalue weighted by atomic mass is 10.4. The molecule has 140 valence electrons. The molecule has 0 radical (unpaired) electrons. The number of likely N-dealkylation sites (tertiary alicyclic amines) is 1. The second kappa shape index (κ2) is 9.64. The number of nitrogens with zero attached hydrogens (tertiary/aromatic N) is 1. The van der Waals surface area contributed by atoms with E-state index < -0.39 is 7.26 Å². The first-order valence-electron chi connectivity index (χ1n) is 9.67. The Balaban J connectivity index is 0.00000210. The van der Waals surface area contributed by atoms with E-state index in [1.807, 2.05) is 0 Å². The Hall–Kier alpha value is -1.47. The van der Waals surface area contributed by atoms with E-state index in [4.69, 9.17) is 0 Å². The van der Waals surface area contributed by atoms with Gasteiger partial charge in [0.05, 0.1) is 6.16 Å². The Morgan fingerprint density at radius 3 is 1.33 bits per heavy atom. The lowest BCUT2D eigenvalue weighted by Gasteiger charge is -2.29. The molecule has 0 bridgehead atoms. The van der Waals surface area contributed by atoms with Crippen molar-refractivity contribution in [3.05, 3.63) is 91.0 Å². The Bertz CT molecular complexity index is 705. The fraction of sp³-hybridized carbons (Fsp3) is 0.250. The zero-order chi connectivity index (χ0) is 17.7. The highest BCUT2D eigenvalue weighted by atomic mass is 79.9. The summed E-state index contributed by atoms with van der Waals surface area (Å²) in [5.41, 5.74) is 0. The first-order chi connectivity index (χ1) is 12.9. The van der Waals surface area contributed by atoms with Crippen molar-refractivity contribution < 1.29 is 17.0 Å². The van der Waals surface area contributed by atoms with Crippen LogP contribution in [0.4, 0.5) is 0 Å². The molecule has 27 heavy (non-hydrogen) atoms. The summed E-state index contributed by atoms with van der Waals surface area (Å²) in [6.07, 6.45) is 3.92. The van der Waals surface area contributed by atoms with Gasteiger partial charge in [-0.1, -0.05) is 54.6 Å². The summed E-state index contributed by atoms with van der Waals surface area (Å²) in [6.45, 7) is 3.71. The number of hydrogen-bond acceptors (Lipinski definition) is 1. The number of halogens is 1. The predicted octanol–water partition coefficient (Wildman–Crippen LogP) is 1.08. The van der Waals surface area contributed by atoms with Crippen LogP contribution in [-0.2, 0) is 0 Å². The lowest BCUT2D eigenvalue weighted by molar-refractivity contribution is -0.00000509. The quantitative estimate of drug-likeness (QED) is 0.519. The maximum atomic E-state index is 2.66. The van der Waals surface area contributed by atoms with Crippen LogP contribution in [0.3, 0.4) is 0 Å². The molecule has 0 amide bonds. The van der Waals surface area contributed by atoms with Crippen molar-refractivity contribution in [2.75, 3.05) is 25.8 Å². The van der Waals surface area contributed by atoms with Crippen LogP contribution < -0.4 is 32.9 Å². The highest BCUT2D eigenvalue weighted by molar-refractivity contribution is 7.95. The zero-order valence-electron chi connectivity index (χ0n) is 15.7. The Morgan fingerprint density at radius 2 is 0.963 bits per heavy atom. The van der Waals surface area contributed by atoms with Gasteiger partial charge in [-0.2, -0.15) is 0 Å². The summed E-state index contributed by atoms with van der Waals surface area (Å²) in [4.78, 5) is 2.66.